The molecule has 112 valence electrons. The predicted molar refractivity (Wildman–Crippen MR) is 76.8 cm³/mol. The van der Waals surface area contributed by atoms with E-state index in [2.05, 4.69) is 6.92 Å². The standard InChI is InChI=1S/C17H24F2O/c1-2-3-4-13-5-7-14(8-6-13)12-20-17-10-9-15(18)11-16(17)19/h9-11,13-14H,2-8,12H2,1H3. The monoisotopic (exact) mass is 282 g/mol. The van der Waals surface area contributed by atoms with Crippen molar-refractivity contribution in [2.75, 3.05) is 6.61 Å². The Morgan fingerprint density at radius 2 is 1.80 bits per heavy atom. The number of rotatable bonds is 6. The van der Waals surface area contributed by atoms with Crippen LogP contribution in [-0.4, -0.2) is 6.61 Å². The minimum absolute atomic E-state index is 0.166. The van der Waals surface area contributed by atoms with Crippen LogP contribution < -0.4 is 4.74 Å². The first kappa shape index (κ1) is 15.3. The number of halogens is 2. The minimum atomic E-state index is -0.610. The second kappa shape index (κ2) is 7.61. The maximum atomic E-state index is 13.4. The molecule has 1 aromatic carbocycles. The van der Waals surface area contributed by atoms with Crippen molar-refractivity contribution >= 4 is 0 Å². The van der Waals surface area contributed by atoms with Gasteiger partial charge in [-0.05, 0) is 36.8 Å². The van der Waals surface area contributed by atoms with Gasteiger partial charge in [-0.2, -0.15) is 0 Å². The molecule has 1 fully saturated rings. The fourth-order valence-electron chi connectivity index (χ4n) is 2.98. The molecule has 0 spiro atoms. The van der Waals surface area contributed by atoms with Gasteiger partial charge in [-0.25, -0.2) is 8.78 Å². The number of hydrogen-bond donors (Lipinski definition) is 0. The van der Waals surface area contributed by atoms with Crippen molar-refractivity contribution in [1.82, 2.24) is 0 Å². The van der Waals surface area contributed by atoms with Crippen LogP contribution in [-0.2, 0) is 0 Å². The molecule has 0 N–H and O–H groups in total. The van der Waals surface area contributed by atoms with Crippen molar-refractivity contribution in [3.8, 4) is 5.75 Å². The van der Waals surface area contributed by atoms with Gasteiger partial charge in [0.2, 0.25) is 0 Å². The SMILES string of the molecule is CCCCC1CCC(COc2ccc(F)cc2F)CC1. The third-order valence-electron chi connectivity index (χ3n) is 4.30. The van der Waals surface area contributed by atoms with E-state index in [9.17, 15) is 8.78 Å². The normalized spacial score (nSPS) is 22.8. The second-order valence-electron chi connectivity index (χ2n) is 5.91. The van der Waals surface area contributed by atoms with Crippen LogP contribution in [0.3, 0.4) is 0 Å². The van der Waals surface area contributed by atoms with Crippen molar-refractivity contribution in [2.24, 2.45) is 11.8 Å². The molecule has 0 atom stereocenters. The topological polar surface area (TPSA) is 9.23 Å². The summed E-state index contributed by atoms with van der Waals surface area (Å²) in [6.07, 6.45) is 8.80. The lowest BCUT2D eigenvalue weighted by atomic mass is 9.80. The lowest BCUT2D eigenvalue weighted by molar-refractivity contribution is 0.173. The van der Waals surface area contributed by atoms with E-state index in [1.807, 2.05) is 0 Å². The highest BCUT2D eigenvalue weighted by Gasteiger charge is 2.21. The van der Waals surface area contributed by atoms with Crippen molar-refractivity contribution in [1.29, 1.82) is 0 Å². The number of hydrogen-bond acceptors (Lipinski definition) is 1. The molecule has 1 aliphatic rings. The van der Waals surface area contributed by atoms with E-state index >= 15 is 0 Å². The van der Waals surface area contributed by atoms with Crippen LogP contribution in [0.2, 0.25) is 0 Å². The summed E-state index contributed by atoms with van der Waals surface area (Å²) in [5.41, 5.74) is 0. The lowest BCUT2D eigenvalue weighted by Gasteiger charge is -2.28. The van der Waals surface area contributed by atoms with Crippen LogP contribution >= 0.6 is 0 Å². The average Bonchev–Trinajstić information content (AvgIpc) is 2.45. The van der Waals surface area contributed by atoms with Crippen molar-refractivity contribution < 1.29 is 13.5 Å². The van der Waals surface area contributed by atoms with Crippen LogP contribution in [0.1, 0.15) is 51.9 Å². The van der Waals surface area contributed by atoms with Gasteiger partial charge in [0.15, 0.2) is 11.6 Å². The third-order valence-corrected chi connectivity index (χ3v) is 4.30. The van der Waals surface area contributed by atoms with Crippen molar-refractivity contribution in [3.05, 3.63) is 29.8 Å². The quantitative estimate of drug-likeness (QED) is 0.684. The van der Waals surface area contributed by atoms with Crippen LogP contribution in [0.25, 0.3) is 0 Å². The van der Waals surface area contributed by atoms with E-state index < -0.39 is 11.6 Å². The summed E-state index contributed by atoms with van der Waals surface area (Å²) in [5.74, 6) is 0.374. The van der Waals surface area contributed by atoms with Crippen molar-refractivity contribution in [3.63, 3.8) is 0 Å². The van der Waals surface area contributed by atoms with E-state index in [4.69, 9.17) is 4.74 Å². The summed E-state index contributed by atoms with van der Waals surface area (Å²) in [7, 11) is 0. The van der Waals surface area contributed by atoms with Gasteiger partial charge >= 0.3 is 0 Å². The zero-order valence-electron chi connectivity index (χ0n) is 12.2. The number of unbranched alkanes of at least 4 members (excludes halogenated alkanes) is 1. The first-order valence-electron chi connectivity index (χ1n) is 7.77. The Morgan fingerprint density at radius 3 is 2.45 bits per heavy atom. The molecule has 0 heterocycles. The molecule has 0 aromatic heterocycles. The van der Waals surface area contributed by atoms with Gasteiger partial charge < -0.3 is 4.74 Å². The molecular weight excluding hydrogens is 258 g/mol. The van der Waals surface area contributed by atoms with E-state index in [1.165, 1.54) is 44.2 Å². The van der Waals surface area contributed by atoms with Crippen LogP contribution in [0.15, 0.2) is 18.2 Å². The molecule has 1 saturated carbocycles. The lowest BCUT2D eigenvalue weighted by Crippen LogP contribution is -2.20. The van der Waals surface area contributed by atoms with E-state index in [0.29, 0.717) is 12.5 Å². The summed E-state index contributed by atoms with van der Waals surface area (Å²) in [5, 5.41) is 0. The maximum absolute atomic E-state index is 13.4. The Kier molecular flexibility index (Phi) is 5.81. The van der Waals surface area contributed by atoms with E-state index in [1.54, 1.807) is 0 Å². The first-order chi connectivity index (χ1) is 9.69. The molecule has 0 unspecified atom stereocenters. The third kappa shape index (κ3) is 4.46. The molecule has 1 nitrogen and oxygen atoms in total. The highest BCUT2D eigenvalue weighted by Crippen LogP contribution is 2.32. The minimum Gasteiger partial charge on any atom is -0.490 e. The van der Waals surface area contributed by atoms with Gasteiger partial charge in [-0.3, -0.25) is 0 Å². The molecule has 1 aromatic rings. The molecule has 20 heavy (non-hydrogen) atoms. The highest BCUT2D eigenvalue weighted by molar-refractivity contribution is 5.24. The summed E-state index contributed by atoms with van der Waals surface area (Å²) in [4.78, 5) is 0. The van der Waals surface area contributed by atoms with Gasteiger partial charge in [-0.15, -0.1) is 0 Å². The van der Waals surface area contributed by atoms with E-state index in [-0.39, 0.29) is 5.75 Å². The van der Waals surface area contributed by atoms with Gasteiger partial charge in [0.1, 0.15) is 5.82 Å². The molecule has 0 amide bonds. The smallest absolute Gasteiger partial charge is 0.167 e. The second-order valence-corrected chi connectivity index (χ2v) is 5.91. The van der Waals surface area contributed by atoms with Crippen LogP contribution in [0.4, 0.5) is 8.78 Å². The number of ether oxygens (including phenoxy) is 1. The van der Waals surface area contributed by atoms with E-state index in [0.717, 1.165) is 24.8 Å². The molecular formula is C17H24F2O. The Bertz CT molecular complexity index is 411. The average molecular weight is 282 g/mol. The summed E-state index contributed by atoms with van der Waals surface area (Å²) in [6.45, 7) is 2.78. The predicted octanol–water partition coefficient (Wildman–Crippen LogP) is 5.34. The molecule has 0 radical (unpaired) electrons. The summed E-state index contributed by atoms with van der Waals surface area (Å²) < 4.78 is 31.7. The van der Waals surface area contributed by atoms with Gasteiger partial charge in [0.05, 0.1) is 6.61 Å². The zero-order chi connectivity index (χ0) is 14.4. The van der Waals surface area contributed by atoms with Gasteiger partial charge in [0.25, 0.3) is 0 Å². The zero-order valence-corrected chi connectivity index (χ0v) is 12.2. The Balaban J connectivity index is 1.73. The Hall–Kier alpha value is -1.12. The molecule has 0 aliphatic heterocycles. The van der Waals surface area contributed by atoms with Crippen LogP contribution in [0.5, 0.6) is 5.75 Å². The number of benzene rings is 1. The fourth-order valence-corrected chi connectivity index (χ4v) is 2.98. The Morgan fingerprint density at radius 1 is 1.10 bits per heavy atom. The molecule has 3 heteroatoms. The molecule has 0 saturated heterocycles. The molecule has 2 rings (SSSR count). The Labute approximate surface area is 120 Å². The molecule has 0 bridgehead atoms. The van der Waals surface area contributed by atoms with Crippen LogP contribution in [0, 0.1) is 23.5 Å². The first-order valence-corrected chi connectivity index (χ1v) is 7.77. The highest BCUT2D eigenvalue weighted by atomic mass is 19.1. The molecule has 1 aliphatic carbocycles. The maximum Gasteiger partial charge on any atom is 0.167 e. The van der Waals surface area contributed by atoms with Gasteiger partial charge in [0, 0.05) is 6.07 Å². The largest absolute Gasteiger partial charge is 0.490 e. The summed E-state index contributed by atoms with van der Waals surface area (Å²) in [6, 6.07) is 3.48. The fraction of sp³-hybridized carbons (Fsp3) is 0.647. The summed E-state index contributed by atoms with van der Waals surface area (Å²) >= 11 is 0. The van der Waals surface area contributed by atoms with Crippen molar-refractivity contribution in [2.45, 2.75) is 51.9 Å². The van der Waals surface area contributed by atoms with Gasteiger partial charge in [-0.1, -0.05) is 39.0 Å².